The molecule has 0 saturated heterocycles. The Labute approximate surface area is 595 Å². The largest absolute Gasteiger partial charge is 0.472 e. The van der Waals surface area contributed by atoms with Gasteiger partial charge in [-0.25, -0.2) is 9.13 Å². The molecule has 0 aliphatic carbocycles. The van der Waals surface area contributed by atoms with Crippen molar-refractivity contribution in [3.63, 3.8) is 0 Å². The number of ether oxygens (including phenoxy) is 4. The summed E-state index contributed by atoms with van der Waals surface area (Å²) in [6, 6.07) is 0. The van der Waals surface area contributed by atoms with Gasteiger partial charge in [0.05, 0.1) is 26.4 Å². The van der Waals surface area contributed by atoms with Crippen molar-refractivity contribution in [1.29, 1.82) is 0 Å². The fourth-order valence-electron chi connectivity index (χ4n) is 10.4. The first-order valence-corrected chi connectivity index (χ1v) is 41.8. The van der Waals surface area contributed by atoms with Crippen LogP contribution in [-0.4, -0.2) is 96.7 Å². The van der Waals surface area contributed by atoms with E-state index in [4.69, 9.17) is 37.0 Å². The van der Waals surface area contributed by atoms with Crippen LogP contribution >= 0.6 is 15.6 Å². The van der Waals surface area contributed by atoms with Crippen LogP contribution in [0, 0.1) is 0 Å². The molecule has 568 valence electrons. The molecule has 0 fully saturated rings. The van der Waals surface area contributed by atoms with E-state index in [1.54, 1.807) is 0 Å². The highest BCUT2D eigenvalue weighted by Crippen LogP contribution is 2.45. The summed E-state index contributed by atoms with van der Waals surface area (Å²) in [5.41, 5.74) is 0. The highest BCUT2D eigenvalue weighted by molar-refractivity contribution is 7.47. The third-order valence-corrected chi connectivity index (χ3v) is 18.2. The molecule has 98 heavy (non-hydrogen) atoms. The van der Waals surface area contributed by atoms with E-state index >= 15 is 0 Å². The number of phosphoric acid groups is 2. The van der Waals surface area contributed by atoms with Crippen LogP contribution in [-0.2, 0) is 65.4 Å². The third-order valence-electron chi connectivity index (χ3n) is 16.3. The molecule has 0 rings (SSSR count). The number of rotatable bonds is 73. The number of aliphatic hydroxyl groups excluding tert-OH is 1. The van der Waals surface area contributed by atoms with Gasteiger partial charge in [0.15, 0.2) is 12.2 Å². The number of allylic oxidation sites excluding steroid dienone is 14. The van der Waals surface area contributed by atoms with E-state index in [1.807, 2.05) is 0 Å². The van der Waals surface area contributed by atoms with Crippen LogP contribution in [0.5, 0.6) is 0 Å². The van der Waals surface area contributed by atoms with Gasteiger partial charge in [-0.2, -0.15) is 0 Å². The van der Waals surface area contributed by atoms with Crippen LogP contribution in [0.2, 0.25) is 0 Å². The fraction of sp³-hybridized carbons (Fsp3) is 0.772. The quantitative estimate of drug-likeness (QED) is 0.0169. The summed E-state index contributed by atoms with van der Waals surface area (Å²) >= 11 is 0. The Balaban J connectivity index is 5.32. The fourth-order valence-corrected chi connectivity index (χ4v) is 12.0. The van der Waals surface area contributed by atoms with Gasteiger partial charge >= 0.3 is 39.5 Å². The van der Waals surface area contributed by atoms with E-state index in [1.165, 1.54) is 89.9 Å². The second kappa shape index (κ2) is 71.6. The molecule has 0 aromatic heterocycles. The second-order valence-electron chi connectivity index (χ2n) is 25.9. The van der Waals surface area contributed by atoms with Crippen LogP contribution in [0.1, 0.15) is 336 Å². The Kier molecular flexibility index (Phi) is 68.9. The molecule has 0 radical (unpaired) electrons. The van der Waals surface area contributed by atoms with E-state index in [0.29, 0.717) is 25.7 Å². The van der Waals surface area contributed by atoms with Gasteiger partial charge in [-0.15, -0.1) is 0 Å². The van der Waals surface area contributed by atoms with Crippen LogP contribution < -0.4 is 0 Å². The minimum absolute atomic E-state index is 0.0733. The van der Waals surface area contributed by atoms with Gasteiger partial charge in [-0.05, 0) is 116 Å². The molecule has 17 nitrogen and oxygen atoms in total. The molecule has 0 saturated carbocycles. The van der Waals surface area contributed by atoms with Crippen molar-refractivity contribution in [1.82, 2.24) is 0 Å². The van der Waals surface area contributed by atoms with Crippen molar-refractivity contribution in [2.75, 3.05) is 39.6 Å². The van der Waals surface area contributed by atoms with Gasteiger partial charge in [0.25, 0.3) is 0 Å². The van der Waals surface area contributed by atoms with Crippen molar-refractivity contribution in [2.45, 2.75) is 354 Å². The van der Waals surface area contributed by atoms with Gasteiger partial charge < -0.3 is 33.8 Å². The number of hydrogen-bond acceptors (Lipinski definition) is 15. The number of esters is 4. The first-order chi connectivity index (χ1) is 47.7. The van der Waals surface area contributed by atoms with Gasteiger partial charge in [0.2, 0.25) is 0 Å². The molecule has 0 aromatic rings. The van der Waals surface area contributed by atoms with Crippen LogP contribution in [0.25, 0.3) is 0 Å². The number of carbonyl (C=O) groups is 4. The minimum Gasteiger partial charge on any atom is -0.462 e. The van der Waals surface area contributed by atoms with Crippen LogP contribution in [0.15, 0.2) is 85.1 Å². The van der Waals surface area contributed by atoms with E-state index in [9.17, 15) is 43.2 Å². The summed E-state index contributed by atoms with van der Waals surface area (Å²) in [6.45, 7) is 4.69. The molecule has 5 unspecified atom stereocenters. The first kappa shape index (κ1) is 94.2. The lowest BCUT2D eigenvalue weighted by Crippen LogP contribution is -2.30. The Bertz CT molecular complexity index is 2190. The predicted octanol–water partition coefficient (Wildman–Crippen LogP) is 22.2. The topological polar surface area (TPSA) is 237 Å². The summed E-state index contributed by atoms with van der Waals surface area (Å²) in [7, 11) is -9.95. The second-order valence-corrected chi connectivity index (χ2v) is 28.8. The third kappa shape index (κ3) is 70.7. The smallest absolute Gasteiger partial charge is 0.462 e. The molecular weight excluding hydrogens is 1280 g/mol. The van der Waals surface area contributed by atoms with Crippen molar-refractivity contribution >= 4 is 39.5 Å². The summed E-state index contributed by atoms with van der Waals surface area (Å²) in [5, 5.41) is 10.6. The van der Waals surface area contributed by atoms with Gasteiger partial charge in [0.1, 0.15) is 19.3 Å². The minimum atomic E-state index is -4.98. The number of phosphoric ester groups is 2. The Morgan fingerprint density at radius 2 is 0.541 bits per heavy atom. The van der Waals surface area contributed by atoms with Crippen LogP contribution in [0.3, 0.4) is 0 Å². The molecule has 5 atom stereocenters. The van der Waals surface area contributed by atoms with Crippen molar-refractivity contribution < 1.29 is 80.2 Å². The maximum atomic E-state index is 13.1. The maximum absolute atomic E-state index is 13.1. The molecule has 19 heteroatoms. The summed E-state index contributed by atoms with van der Waals surface area (Å²) < 4.78 is 68.4. The molecule has 0 spiro atoms. The van der Waals surface area contributed by atoms with Crippen molar-refractivity contribution in [3.8, 4) is 0 Å². The Morgan fingerprint density at radius 1 is 0.296 bits per heavy atom. The average Bonchev–Trinajstić information content (AvgIpc) is 1.06. The Morgan fingerprint density at radius 3 is 0.878 bits per heavy atom. The summed E-state index contributed by atoms with van der Waals surface area (Å²) in [6.07, 6.45) is 72.9. The summed E-state index contributed by atoms with van der Waals surface area (Å²) in [4.78, 5) is 72.8. The standard InChI is InChI=1S/C79H140O17P2/c1-5-9-13-17-21-25-29-32-34-35-36-37-39-41-45-48-52-56-60-64-77(82)90-70-75(96-79(84)66-62-58-54-50-46-42-38-33-30-26-22-18-14-10-6-2)72-94-98(87,88)92-68-73(80)67-91-97(85,86)93-71-74(95-78(83)65-61-57-53-49-43-28-24-20-16-12-8-4)69-89-76(81)63-59-55-51-47-44-40-31-27-23-19-15-11-7-3/h10,14,20-22,24-26,32-34,36-38,73-75,80H,5-9,11-13,15-19,23,27-31,35,39-72H2,1-4H3,(H,85,86)(H,87,88)/b14-10-,24-20-,25-21-,26-22-,34-32-,37-36-,38-33-. The van der Waals surface area contributed by atoms with Crippen molar-refractivity contribution in [3.05, 3.63) is 85.1 Å². The van der Waals surface area contributed by atoms with Gasteiger partial charge in [-0.1, -0.05) is 280 Å². The molecule has 3 N–H and O–H groups in total. The lowest BCUT2D eigenvalue weighted by molar-refractivity contribution is -0.161. The Hall–Kier alpha value is -3.76. The molecule has 0 aliphatic rings. The highest BCUT2D eigenvalue weighted by Gasteiger charge is 2.30. The molecular formula is C79H140O17P2. The highest BCUT2D eigenvalue weighted by atomic mass is 31.2. The van der Waals surface area contributed by atoms with E-state index in [-0.39, 0.29) is 25.7 Å². The van der Waals surface area contributed by atoms with Crippen LogP contribution in [0.4, 0.5) is 0 Å². The normalized spacial score (nSPS) is 14.4. The number of unbranched alkanes of at least 4 members (excludes halogenated alkanes) is 33. The van der Waals surface area contributed by atoms with E-state index in [2.05, 4.69) is 113 Å². The molecule has 0 heterocycles. The monoisotopic (exact) mass is 1420 g/mol. The number of aliphatic hydroxyl groups is 1. The zero-order chi connectivity index (χ0) is 71.8. The molecule has 0 bridgehead atoms. The summed E-state index contributed by atoms with van der Waals surface area (Å²) in [5.74, 6) is -2.20. The molecule has 0 aliphatic heterocycles. The zero-order valence-electron chi connectivity index (χ0n) is 62.0. The molecule has 0 amide bonds. The number of carbonyl (C=O) groups excluding carboxylic acids is 4. The van der Waals surface area contributed by atoms with E-state index in [0.717, 1.165) is 167 Å². The maximum Gasteiger partial charge on any atom is 0.472 e. The van der Waals surface area contributed by atoms with Gasteiger partial charge in [0, 0.05) is 25.7 Å². The first-order valence-electron chi connectivity index (χ1n) is 38.8. The van der Waals surface area contributed by atoms with Gasteiger partial charge in [-0.3, -0.25) is 37.3 Å². The SMILES string of the molecule is CC/C=C\C/C=C\C/C=C\CCCCCCCC(=O)OC(COC(=O)CCCCCCCC/C=C\C/C=C\C/C=C\CCCCC)COP(=O)(O)OCC(O)COP(=O)(O)OCC(COC(=O)CCCCCCCCCCCCCCC)OC(=O)CCCCCCC/C=C\CCCC. The van der Waals surface area contributed by atoms with E-state index < -0.39 is 97.5 Å². The lowest BCUT2D eigenvalue weighted by Gasteiger charge is -2.21. The average molecular weight is 1420 g/mol. The molecule has 0 aromatic carbocycles. The van der Waals surface area contributed by atoms with Crippen molar-refractivity contribution in [2.24, 2.45) is 0 Å². The predicted molar refractivity (Wildman–Crippen MR) is 399 cm³/mol. The number of hydrogen-bond donors (Lipinski definition) is 3. The zero-order valence-corrected chi connectivity index (χ0v) is 63.7. The lowest BCUT2D eigenvalue weighted by atomic mass is 10.0.